The Labute approximate surface area is 127 Å². The number of sulfonamides is 1. The SMILES string of the molecule is O=[N+]([O-])c1ccc(-n2ccnc2)c(S(=O)(=O)N2CCCC2)c1. The first kappa shape index (κ1) is 14.7. The molecule has 9 heteroatoms. The van der Waals surface area contributed by atoms with Gasteiger partial charge in [-0.2, -0.15) is 4.31 Å². The lowest BCUT2D eigenvalue weighted by molar-refractivity contribution is -0.385. The number of nitrogens with zero attached hydrogens (tertiary/aromatic N) is 4. The summed E-state index contributed by atoms with van der Waals surface area (Å²) in [6.07, 6.45) is 6.19. The zero-order valence-electron chi connectivity index (χ0n) is 11.6. The van der Waals surface area contributed by atoms with E-state index in [9.17, 15) is 18.5 Å². The zero-order valence-corrected chi connectivity index (χ0v) is 12.4. The van der Waals surface area contributed by atoms with Crippen LogP contribution in [0.2, 0.25) is 0 Å². The lowest BCUT2D eigenvalue weighted by atomic mass is 10.3. The molecule has 3 rings (SSSR count). The molecule has 2 aromatic rings. The molecule has 22 heavy (non-hydrogen) atoms. The van der Waals surface area contributed by atoms with Crippen LogP contribution in [0.5, 0.6) is 0 Å². The molecule has 0 radical (unpaired) electrons. The Balaban J connectivity index is 2.18. The van der Waals surface area contributed by atoms with Crippen LogP contribution in [0.4, 0.5) is 5.69 Å². The van der Waals surface area contributed by atoms with Gasteiger partial charge in [0.05, 0.1) is 16.9 Å². The molecule has 0 saturated carbocycles. The Morgan fingerprint density at radius 1 is 1.23 bits per heavy atom. The number of hydrogen-bond donors (Lipinski definition) is 0. The highest BCUT2D eigenvalue weighted by Gasteiger charge is 2.31. The molecule has 1 fully saturated rings. The first-order valence-electron chi connectivity index (χ1n) is 6.77. The summed E-state index contributed by atoms with van der Waals surface area (Å²) in [6, 6.07) is 3.84. The molecule has 1 saturated heterocycles. The highest BCUT2D eigenvalue weighted by Crippen LogP contribution is 2.29. The number of nitro groups is 1. The minimum absolute atomic E-state index is 0.0680. The van der Waals surface area contributed by atoms with Crippen molar-refractivity contribution < 1.29 is 13.3 Å². The molecule has 0 aliphatic carbocycles. The molecule has 1 aromatic heterocycles. The van der Waals surface area contributed by atoms with Gasteiger partial charge in [0.2, 0.25) is 10.0 Å². The van der Waals surface area contributed by atoms with Crippen LogP contribution in [0.3, 0.4) is 0 Å². The summed E-state index contributed by atoms with van der Waals surface area (Å²) in [6.45, 7) is 0.878. The van der Waals surface area contributed by atoms with Gasteiger partial charge in [0.25, 0.3) is 5.69 Å². The minimum Gasteiger partial charge on any atom is -0.305 e. The summed E-state index contributed by atoms with van der Waals surface area (Å²) in [7, 11) is -3.77. The topological polar surface area (TPSA) is 98.3 Å². The van der Waals surface area contributed by atoms with Crippen molar-refractivity contribution in [3.8, 4) is 5.69 Å². The van der Waals surface area contributed by atoms with E-state index in [1.54, 1.807) is 6.20 Å². The molecule has 0 N–H and O–H groups in total. The minimum atomic E-state index is -3.77. The Morgan fingerprint density at radius 2 is 1.95 bits per heavy atom. The maximum Gasteiger partial charge on any atom is 0.270 e. The van der Waals surface area contributed by atoms with Crippen molar-refractivity contribution in [2.75, 3.05) is 13.1 Å². The van der Waals surface area contributed by atoms with Crippen molar-refractivity contribution in [2.24, 2.45) is 0 Å². The van der Waals surface area contributed by atoms with Gasteiger partial charge in [0, 0.05) is 37.6 Å². The van der Waals surface area contributed by atoms with Gasteiger partial charge in [-0.25, -0.2) is 13.4 Å². The van der Waals surface area contributed by atoms with Crippen molar-refractivity contribution in [1.82, 2.24) is 13.9 Å². The van der Waals surface area contributed by atoms with Gasteiger partial charge in [0.15, 0.2) is 0 Å². The van der Waals surface area contributed by atoms with E-state index in [2.05, 4.69) is 4.98 Å². The van der Waals surface area contributed by atoms with Gasteiger partial charge in [0.1, 0.15) is 4.90 Å². The number of nitro benzene ring substituents is 1. The molecule has 2 heterocycles. The molecule has 1 aliphatic rings. The second-order valence-corrected chi connectivity index (χ2v) is 6.90. The lowest BCUT2D eigenvalue weighted by Crippen LogP contribution is -2.28. The van der Waals surface area contributed by atoms with Crippen LogP contribution in [0.1, 0.15) is 12.8 Å². The van der Waals surface area contributed by atoms with E-state index in [0.717, 1.165) is 18.9 Å². The fourth-order valence-corrected chi connectivity index (χ4v) is 4.23. The maximum absolute atomic E-state index is 12.8. The summed E-state index contributed by atoms with van der Waals surface area (Å²) >= 11 is 0. The van der Waals surface area contributed by atoms with E-state index in [-0.39, 0.29) is 10.6 Å². The Morgan fingerprint density at radius 3 is 2.55 bits per heavy atom. The molecule has 116 valence electrons. The quantitative estimate of drug-likeness (QED) is 0.628. The molecular formula is C13H14N4O4S. The van der Waals surface area contributed by atoms with Gasteiger partial charge < -0.3 is 4.57 Å². The molecule has 1 aliphatic heterocycles. The van der Waals surface area contributed by atoms with Gasteiger partial charge in [-0.1, -0.05) is 0 Å². The third-order valence-corrected chi connectivity index (χ3v) is 5.55. The first-order chi connectivity index (χ1) is 10.5. The monoisotopic (exact) mass is 322 g/mol. The second kappa shape index (κ2) is 5.50. The van der Waals surface area contributed by atoms with Crippen LogP contribution in [-0.4, -0.2) is 40.3 Å². The van der Waals surface area contributed by atoms with Crippen molar-refractivity contribution in [3.63, 3.8) is 0 Å². The van der Waals surface area contributed by atoms with Gasteiger partial charge in [-0.05, 0) is 18.9 Å². The highest BCUT2D eigenvalue weighted by atomic mass is 32.2. The third kappa shape index (κ3) is 2.48. The van der Waals surface area contributed by atoms with Crippen LogP contribution in [-0.2, 0) is 10.0 Å². The molecule has 1 aromatic carbocycles. The summed E-state index contributed by atoms with van der Waals surface area (Å²) in [4.78, 5) is 14.2. The average molecular weight is 322 g/mol. The Bertz CT molecular complexity index is 795. The number of imidazole rings is 1. The zero-order chi connectivity index (χ0) is 15.7. The fourth-order valence-electron chi connectivity index (χ4n) is 2.51. The Hall–Kier alpha value is -2.26. The predicted octanol–water partition coefficient (Wildman–Crippen LogP) is 1.56. The van der Waals surface area contributed by atoms with Gasteiger partial charge in [-0.15, -0.1) is 0 Å². The van der Waals surface area contributed by atoms with Gasteiger partial charge in [-0.3, -0.25) is 10.1 Å². The first-order valence-corrected chi connectivity index (χ1v) is 8.21. The molecule has 0 amide bonds. The fraction of sp³-hybridized carbons (Fsp3) is 0.308. The van der Waals surface area contributed by atoms with E-state index in [0.29, 0.717) is 18.8 Å². The smallest absolute Gasteiger partial charge is 0.270 e. The standard InChI is InChI=1S/C13H14N4O4S/c18-17(19)11-3-4-12(15-8-5-14-10-15)13(9-11)22(20,21)16-6-1-2-7-16/h3-5,8-10H,1-2,6-7H2. The summed E-state index contributed by atoms with van der Waals surface area (Å²) in [5, 5.41) is 11.0. The van der Waals surface area contributed by atoms with Crippen LogP contribution < -0.4 is 0 Å². The lowest BCUT2D eigenvalue weighted by Gasteiger charge is -2.18. The van der Waals surface area contributed by atoms with E-state index in [4.69, 9.17) is 0 Å². The third-order valence-electron chi connectivity index (χ3n) is 3.62. The van der Waals surface area contributed by atoms with E-state index >= 15 is 0 Å². The number of non-ortho nitro benzene ring substituents is 1. The number of benzene rings is 1. The normalized spacial score (nSPS) is 16.0. The average Bonchev–Trinajstić information content (AvgIpc) is 3.20. The molecule has 0 unspecified atom stereocenters. The molecule has 0 atom stereocenters. The number of rotatable bonds is 4. The Kier molecular flexibility index (Phi) is 3.67. The van der Waals surface area contributed by atoms with Crippen molar-refractivity contribution >= 4 is 15.7 Å². The summed E-state index contributed by atoms with van der Waals surface area (Å²) in [5.74, 6) is 0. The number of aromatic nitrogens is 2. The largest absolute Gasteiger partial charge is 0.305 e. The predicted molar refractivity (Wildman–Crippen MR) is 78.2 cm³/mol. The van der Waals surface area contributed by atoms with Crippen LogP contribution in [0, 0.1) is 10.1 Å². The van der Waals surface area contributed by atoms with Crippen molar-refractivity contribution in [1.29, 1.82) is 0 Å². The molecule has 8 nitrogen and oxygen atoms in total. The van der Waals surface area contributed by atoms with E-state index < -0.39 is 14.9 Å². The van der Waals surface area contributed by atoms with Crippen molar-refractivity contribution in [2.45, 2.75) is 17.7 Å². The summed E-state index contributed by atoms with van der Waals surface area (Å²) < 4.78 is 28.5. The van der Waals surface area contributed by atoms with Crippen molar-refractivity contribution in [3.05, 3.63) is 47.0 Å². The second-order valence-electron chi connectivity index (χ2n) is 4.99. The highest BCUT2D eigenvalue weighted by molar-refractivity contribution is 7.89. The van der Waals surface area contributed by atoms with Crippen LogP contribution >= 0.6 is 0 Å². The van der Waals surface area contributed by atoms with E-state index in [1.165, 1.54) is 33.5 Å². The van der Waals surface area contributed by atoms with E-state index in [1.807, 2.05) is 0 Å². The molecule has 0 bridgehead atoms. The van der Waals surface area contributed by atoms with Gasteiger partial charge >= 0.3 is 0 Å². The summed E-state index contributed by atoms with van der Waals surface area (Å²) in [5.41, 5.74) is 0.108. The van der Waals surface area contributed by atoms with Crippen LogP contribution in [0.25, 0.3) is 5.69 Å². The maximum atomic E-state index is 12.8. The van der Waals surface area contributed by atoms with Crippen LogP contribution in [0.15, 0.2) is 41.8 Å². The molecule has 0 spiro atoms. The molecular weight excluding hydrogens is 308 g/mol. The number of hydrogen-bond acceptors (Lipinski definition) is 5.